The molecular weight excluding hydrogens is 320 g/mol. The van der Waals surface area contributed by atoms with Crippen molar-refractivity contribution in [2.45, 2.75) is 6.92 Å². The van der Waals surface area contributed by atoms with Crippen molar-refractivity contribution in [3.63, 3.8) is 0 Å². The van der Waals surface area contributed by atoms with Gasteiger partial charge in [0.1, 0.15) is 11.6 Å². The van der Waals surface area contributed by atoms with Crippen LogP contribution in [0, 0.1) is 11.3 Å². The number of morpholine rings is 1. The highest BCUT2D eigenvalue weighted by molar-refractivity contribution is 5.97. The van der Waals surface area contributed by atoms with E-state index in [1.807, 2.05) is 6.07 Å². The summed E-state index contributed by atoms with van der Waals surface area (Å²) in [4.78, 5) is 25.6. The smallest absolute Gasteiger partial charge is 0.263 e. The Morgan fingerprint density at radius 1 is 1.36 bits per heavy atom. The van der Waals surface area contributed by atoms with Crippen molar-refractivity contribution in [3.05, 3.63) is 41.6 Å². The molecule has 1 aliphatic heterocycles. The van der Waals surface area contributed by atoms with Crippen LogP contribution < -0.4 is 10.6 Å². The molecule has 0 bridgehead atoms. The van der Waals surface area contributed by atoms with Gasteiger partial charge in [0.05, 0.1) is 13.2 Å². The van der Waals surface area contributed by atoms with Crippen LogP contribution in [0.25, 0.3) is 0 Å². The van der Waals surface area contributed by atoms with E-state index in [0.29, 0.717) is 31.0 Å². The molecule has 1 aromatic carbocycles. The highest BCUT2D eigenvalue weighted by Gasteiger charge is 2.12. The zero-order valence-corrected chi connectivity index (χ0v) is 14.2. The van der Waals surface area contributed by atoms with Crippen LogP contribution >= 0.6 is 0 Å². The normalized spacial score (nSPS) is 15.3. The van der Waals surface area contributed by atoms with Crippen molar-refractivity contribution in [3.8, 4) is 6.07 Å². The first-order valence-corrected chi connectivity index (χ1v) is 8.16. The summed E-state index contributed by atoms with van der Waals surface area (Å²) in [6.45, 7) is 5.80. The first kappa shape index (κ1) is 18.6. The number of rotatable bonds is 7. The molecule has 0 unspecified atom stereocenters. The maximum absolute atomic E-state index is 12.1. The second-order valence-corrected chi connectivity index (χ2v) is 5.66. The zero-order valence-electron chi connectivity index (χ0n) is 14.2. The van der Waals surface area contributed by atoms with Crippen molar-refractivity contribution in [2.24, 2.45) is 0 Å². The number of nitriles is 1. The Labute approximate surface area is 147 Å². The maximum Gasteiger partial charge on any atom is 0.263 e. The summed E-state index contributed by atoms with van der Waals surface area (Å²) in [5.41, 5.74) is 1.18. The number of anilines is 1. The van der Waals surface area contributed by atoms with Crippen LogP contribution in [0.3, 0.4) is 0 Å². The van der Waals surface area contributed by atoms with Gasteiger partial charge in [0.2, 0.25) is 0 Å². The number of ketones is 1. The van der Waals surface area contributed by atoms with E-state index in [4.69, 9.17) is 10.00 Å². The van der Waals surface area contributed by atoms with Gasteiger partial charge in [0, 0.05) is 43.6 Å². The molecule has 7 heteroatoms. The lowest BCUT2D eigenvalue weighted by molar-refractivity contribution is -0.117. The molecule has 7 nitrogen and oxygen atoms in total. The van der Waals surface area contributed by atoms with E-state index >= 15 is 0 Å². The number of hydrogen-bond donors (Lipinski definition) is 2. The summed E-state index contributed by atoms with van der Waals surface area (Å²) in [7, 11) is 0. The summed E-state index contributed by atoms with van der Waals surface area (Å²) >= 11 is 0. The van der Waals surface area contributed by atoms with Gasteiger partial charge < -0.3 is 15.4 Å². The van der Waals surface area contributed by atoms with E-state index in [2.05, 4.69) is 15.5 Å². The van der Waals surface area contributed by atoms with Crippen LogP contribution in [0.4, 0.5) is 5.69 Å². The van der Waals surface area contributed by atoms with Crippen molar-refractivity contribution in [1.29, 1.82) is 5.26 Å². The summed E-state index contributed by atoms with van der Waals surface area (Å²) in [6, 6.07) is 8.76. The van der Waals surface area contributed by atoms with Crippen LogP contribution in [0.5, 0.6) is 0 Å². The largest absolute Gasteiger partial charge is 0.379 e. The summed E-state index contributed by atoms with van der Waals surface area (Å²) in [5, 5.41) is 14.8. The van der Waals surface area contributed by atoms with Crippen LogP contribution in [0.1, 0.15) is 17.3 Å². The number of nitrogens with zero attached hydrogens (tertiary/aromatic N) is 2. The van der Waals surface area contributed by atoms with Crippen LogP contribution in [-0.4, -0.2) is 56.0 Å². The van der Waals surface area contributed by atoms with Gasteiger partial charge in [-0.3, -0.25) is 14.5 Å². The Hall–Kier alpha value is -2.69. The van der Waals surface area contributed by atoms with Gasteiger partial charge in [-0.2, -0.15) is 5.26 Å². The molecule has 1 aromatic rings. The SMILES string of the molecule is CC(=O)c1cccc(N/C=C(/C#N)C(=O)NCCN2CCOCC2)c1. The predicted octanol–water partition coefficient (Wildman–Crippen LogP) is 1.16. The Balaban J connectivity index is 1.86. The molecule has 0 aromatic heterocycles. The fraction of sp³-hybridized carbons (Fsp3) is 0.389. The molecule has 1 heterocycles. The highest BCUT2D eigenvalue weighted by atomic mass is 16.5. The summed E-state index contributed by atoms with van der Waals surface area (Å²) < 4.78 is 5.27. The quantitative estimate of drug-likeness (QED) is 0.439. The first-order valence-electron chi connectivity index (χ1n) is 8.16. The van der Waals surface area contributed by atoms with Crippen molar-refractivity contribution in [2.75, 3.05) is 44.7 Å². The van der Waals surface area contributed by atoms with E-state index in [1.54, 1.807) is 24.3 Å². The van der Waals surface area contributed by atoms with Crippen molar-refractivity contribution in [1.82, 2.24) is 10.2 Å². The minimum atomic E-state index is -0.425. The van der Waals surface area contributed by atoms with Gasteiger partial charge in [-0.1, -0.05) is 12.1 Å². The summed E-state index contributed by atoms with van der Waals surface area (Å²) in [5.74, 6) is -0.472. The summed E-state index contributed by atoms with van der Waals surface area (Å²) in [6.07, 6.45) is 1.35. The molecule has 0 aliphatic carbocycles. The lowest BCUT2D eigenvalue weighted by Crippen LogP contribution is -2.41. The first-order chi connectivity index (χ1) is 12.1. The van der Waals surface area contributed by atoms with Crippen molar-refractivity contribution < 1.29 is 14.3 Å². The molecule has 0 radical (unpaired) electrons. The molecule has 2 rings (SSSR count). The molecule has 0 atom stereocenters. The minimum Gasteiger partial charge on any atom is -0.379 e. The Morgan fingerprint density at radius 3 is 2.80 bits per heavy atom. The molecule has 1 saturated heterocycles. The maximum atomic E-state index is 12.1. The number of carbonyl (C=O) groups is 2. The van der Waals surface area contributed by atoms with Gasteiger partial charge in [-0.25, -0.2) is 0 Å². The monoisotopic (exact) mass is 342 g/mol. The highest BCUT2D eigenvalue weighted by Crippen LogP contribution is 2.11. The van der Waals surface area contributed by atoms with Gasteiger partial charge >= 0.3 is 0 Å². The van der Waals surface area contributed by atoms with E-state index in [0.717, 1.165) is 19.6 Å². The van der Waals surface area contributed by atoms with Gasteiger partial charge in [-0.15, -0.1) is 0 Å². The molecule has 1 aliphatic rings. The van der Waals surface area contributed by atoms with Crippen molar-refractivity contribution >= 4 is 17.4 Å². The molecule has 25 heavy (non-hydrogen) atoms. The van der Waals surface area contributed by atoms with E-state index in [-0.39, 0.29) is 11.4 Å². The fourth-order valence-corrected chi connectivity index (χ4v) is 2.38. The second-order valence-electron chi connectivity index (χ2n) is 5.66. The fourth-order valence-electron chi connectivity index (χ4n) is 2.38. The lowest BCUT2D eigenvalue weighted by Gasteiger charge is -2.26. The van der Waals surface area contributed by atoms with Gasteiger partial charge in [0.15, 0.2) is 5.78 Å². The predicted molar refractivity (Wildman–Crippen MR) is 94.0 cm³/mol. The third kappa shape index (κ3) is 6.03. The molecule has 2 N–H and O–H groups in total. The van der Waals surface area contributed by atoms with Crippen LogP contribution in [-0.2, 0) is 9.53 Å². The third-order valence-corrected chi connectivity index (χ3v) is 3.83. The molecule has 0 spiro atoms. The van der Waals surface area contributed by atoms with E-state index in [9.17, 15) is 9.59 Å². The number of Topliss-reactive ketones (excluding diaryl/α,β-unsaturated/α-hetero) is 1. The number of carbonyl (C=O) groups excluding carboxylic acids is 2. The number of nitrogens with one attached hydrogen (secondary N) is 2. The van der Waals surface area contributed by atoms with Gasteiger partial charge in [-0.05, 0) is 19.1 Å². The minimum absolute atomic E-state index is 0.0183. The molecular formula is C18H22N4O3. The number of ether oxygens (including phenoxy) is 1. The third-order valence-electron chi connectivity index (χ3n) is 3.83. The topological polar surface area (TPSA) is 94.5 Å². The Morgan fingerprint density at radius 2 is 2.12 bits per heavy atom. The molecule has 132 valence electrons. The van der Waals surface area contributed by atoms with E-state index < -0.39 is 5.91 Å². The van der Waals surface area contributed by atoms with Crippen LogP contribution in [0.15, 0.2) is 36.0 Å². The Kier molecular flexibility index (Phi) is 7.14. The molecule has 1 amide bonds. The zero-order chi connectivity index (χ0) is 18.1. The molecule has 0 saturated carbocycles. The average Bonchev–Trinajstić information content (AvgIpc) is 2.63. The molecule has 1 fully saturated rings. The standard InChI is InChI=1S/C18H22N4O3/c1-14(23)15-3-2-4-17(11-15)21-13-16(12-19)18(24)20-5-6-22-7-9-25-10-8-22/h2-4,11,13,21H,5-10H2,1H3,(H,20,24)/b16-13-. The Bertz CT molecular complexity index is 688. The number of benzene rings is 1. The number of amides is 1. The lowest BCUT2D eigenvalue weighted by atomic mass is 10.1. The van der Waals surface area contributed by atoms with Gasteiger partial charge in [0.25, 0.3) is 5.91 Å². The average molecular weight is 342 g/mol. The second kappa shape index (κ2) is 9.57. The number of hydrogen-bond acceptors (Lipinski definition) is 6. The van der Waals surface area contributed by atoms with E-state index in [1.165, 1.54) is 13.1 Å². The van der Waals surface area contributed by atoms with Crippen LogP contribution in [0.2, 0.25) is 0 Å².